The van der Waals surface area contributed by atoms with Crippen molar-refractivity contribution in [3.8, 4) is 11.1 Å². The molecule has 186 valence electrons. The number of nitrogens with two attached hydrogens (primary N) is 5. The maximum absolute atomic E-state index is 13.2. The van der Waals surface area contributed by atoms with Gasteiger partial charge in [-0.1, -0.05) is 23.5 Å². The molecule has 0 atom stereocenters. The highest BCUT2D eigenvalue weighted by atomic mass is 32.2. The zero-order valence-electron chi connectivity index (χ0n) is 17.8. The molecule has 1 aliphatic rings. The van der Waals surface area contributed by atoms with Crippen molar-refractivity contribution in [2.75, 3.05) is 18.8 Å². The van der Waals surface area contributed by atoms with Gasteiger partial charge in [0, 0.05) is 24.2 Å². The summed E-state index contributed by atoms with van der Waals surface area (Å²) in [5.41, 5.74) is 19.8. The number of hydrazone groups is 1. The summed E-state index contributed by atoms with van der Waals surface area (Å²) in [7, 11) is -8.79. The standard InChI is InChI=1S/C18H21N9O5S3/c19-16(26-27-22)12-8(9-1-2-10(17(20)28)14-13(9)25-18(21)33-14)3-4-11(15(12)35(23,31)32)34(29,30)7-5-24-6-7/h1-4,7,24,27H,5-6,22H2,(H2,19,26)(H2,20,28)(H2,21,25)(H2,23,31,32). The maximum atomic E-state index is 13.2. The van der Waals surface area contributed by atoms with E-state index in [1.165, 1.54) is 18.2 Å². The number of benzene rings is 2. The van der Waals surface area contributed by atoms with Gasteiger partial charge in [-0.05, 0) is 17.7 Å². The molecule has 12 N–H and O–H groups in total. The minimum Gasteiger partial charge on any atom is -0.382 e. The molecule has 17 heteroatoms. The highest BCUT2D eigenvalue weighted by molar-refractivity contribution is 7.94. The molecule has 0 bridgehead atoms. The predicted octanol–water partition coefficient (Wildman–Crippen LogP) is -1.88. The topological polar surface area (TPSA) is 265 Å². The molecular formula is C18H21N9O5S3. The van der Waals surface area contributed by atoms with Crippen LogP contribution < -0.4 is 39.0 Å². The van der Waals surface area contributed by atoms with Crippen molar-refractivity contribution < 1.29 is 21.6 Å². The number of hydrogen-bond donors (Lipinski definition) is 7. The lowest BCUT2D eigenvalue weighted by Gasteiger charge is -2.28. The normalized spacial score (nSPS) is 15.2. The van der Waals surface area contributed by atoms with Crippen LogP contribution in [-0.2, 0) is 19.9 Å². The van der Waals surface area contributed by atoms with E-state index in [4.69, 9.17) is 28.2 Å². The second kappa shape index (κ2) is 8.70. The van der Waals surface area contributed by atoms with Crippen LogP contribution in [-0.4, -0.2) is 51.9 Å². The Morgan fingerprint density at radius 1 is 1.11 bits per heavy atom. The number of anilines is 1. The van der Waals surface area contributed by atoms with Crippen LogP contribution in [0, 0.1) is 0 Å². The molecule has 0 aliphatic carbocycles. The average molecular weight is 540 g/mol. The van der Waals surface area contributed by atoms with Crippen LogP contribution in [0.4, 0.5) is 5.13 Å². The molecule has 4 rings (SSSR count). The van der Waals surface area contributed by atoms with Crippen molar-refractivity contribution in [3.05, 3.63) is 35.4 Å². The Balaban J connectivity index is 2.15. The Kier molecular flexibility index (Phi) is 6.16. The van der Waals surface area contributed by atoms with Crippen molar-refractivity contribution in [2.24, 2.45) is 27.6 Å². The van der Waals surface area contributed by atoms with Crippen LogP contribution >= 0.6 is 11.3 Å². The molecule has 1 amide bonds. The number of hydrogen-bond acceptors (Lipinski definition) is 12. The van der Waals surface area contributed by atoms with Crippen LogP contribution in [0.3, 0.4) is 0 Å². The minimum absolute atomic E-state index is 0.113. The number of primary sulfonamides is 1. The average Bonchev–Trinajstić information content (AvgIpc) is 3.10. The number of rotatable bonds is 7. The van der Waals surface area contributed by atoms with Gasteiger partial charge in [-0.15, -0.1) is 5.10 Å². The van der Waals surface area contributed by atoms with Gasteiger partial charge in [0.25, 0.3) is 0 Å². The monoisotopic (exact) mass is 539 g/mol. The summed E-state index contributed by atoms with van der Waals surface area (Å²) in [6.07, 6.45) is 0. The summed E-state index contributed by atoms with van der Waals surface area (Å²) in [4.78, 5) is 14.9. The number of amidine groups is 1. The van der Waals surface area contributed by atoms with Gasteiger partial charge in [0.2, 0.25) is 15.9 Å². The number of nitrogens with zero attached hydrogens (tertiary/aromatic N) is 2. The number of primary amides is 1. The van der Waals surface area contributed by atoms with Crippen molar-refractivity contribution in [2.45, 2.75) is 15.0 Å². The quantitative estimate of drug-likeness (QED) is 0.0755. The van der Waals surface area contributed by atoms with Gasteiger partial charge < -0.3 is 22.5 Å². The maximum Gasteiger partial charge on any atom is 0.250 e. The number of amides is 1. The van der Waals surface area contributed by atoms with Crippen molar-refractivity contribution in [1.29, 1.82) is 0 Å². The lowest BCUT2D eigenvalue weighted by Crippen LogP contribution is -2.51. The summed E-state index contributed by atoms with van der Waals surface area (Å²) in [6.45, 7) is 0.287. The minimum atomic E-state index is -4.67. The zero-order valence-corrected chi connectivity index (χ0v) is 20.3. The Labute approximate surface area is 203 Å². The predicted molar refractivity (Wildman–Crippen MR) is 131 cm³/mol. The molecule has 0 spiro atoms. The first-order chi connectivity index (χ1) is 16.4. The van der Waals surface area contributed by atoms with Gasteiger partial charge >= 0.3 is 0 Å². The highest BCUT2D eigenvalue weighted by Crippen LogP contribution is 2.40. The second-order valence-electron chi connectivity index (χ2n) is 7.57. The first-order valence-corrected chi connectivity index (χ1v) is 13.7. The number of carbonyl (C=O) groups is 1. The number of hydrazine groups is 1. The number of nitrogens with one attached hydrogen (secondary N) is 2. The fourth-order valence-electron chi connectivity index (χ4n) is 3.77. The van der Waals surface area contributed by atoms with E-state index in [2.05, 4.69) is 15.4 Å². The number of aromatic nitrogens is 1. The van der Waals surface area contributed by atoms with Gasteiger partial charge in [-0.25, -0.2) is 38.3 Å². The lowest BCUT2D eigenvalue weighted by atomic mass is 9.96. The van der Waals surface area contributed by atoms with Crippen molar-refractivity contribution in [3.63, 3.8) is 0 Å². The third kappa shape index (κ3) is 4.17. The largest absolute Gasteiger partial charge is 0.382 e. The Hall–Kier alpha value is -3.35. The molecule has 0 radical (unpaired) electrons. The molecule has 1 fully saturated rings. The third-order valence-corrected chi connectivity index (χ3v) is 9.66. The van der Waals surface area contributed by atoms with E-state index in [0.29, 0.717) is 4.70 Å². The lowest BCUT2D eigenvalue weighted by molar-refractivity contribution is 0.100. The van der Waals surface area contributed by atoms with E-state index in [0.717, 1.165) is 17.4 Å². The number of sulfone groups is 1. The van der Waals surface area contributed by atoms with E-state index >= 15 is 0 Å². The number of nitrogen functional groups attached to an aromatic ring is 1. The number of fused-ring (bicyclic) bond motifs is 1. The molecule has 2 aromatic carbocycles. The van der Waals surface area contributed by atoms with Gasteiger partial charge in [-0.2, -0.15) is 0 Å². The van der Waals surface area contributed by atoms with Gasteiger partial charge in [0.15, 0.2) is 20.8 Å². The molecule has 2 heterocycles. The fraction of sp³-hybridized carbons (Fsp3) is 0.167. The first kappa shape index (κ1) is 24.8. The summed E-state index contributed by atoms with van der Waals surface area (Å²) >= 11 is 0.998. The van der Waals surface area contributed by atoms with Crippen LogP contribution in [0.15, 0.2) is 39.2 Å². The fourth-order valence-corrected chi connectivity index (χ4v) is 7.84. The molecular weight excluding hydrogens is 518 g/mol. The molecule has 14 nitrogen and oxygen atoms in total. The van der Waals surface area contributed by atoms with E-state index in [9.17, 15) is 21.6 Å². The summed E-state index contributed by atoms with van der Waals surface area (Å²) in [5.74, 6) is 4.09. The molecule has 1 aliphatic heterocycles. The van der Waals surface area contributed by atoms with E-state index < -0.39 is 46.6 Å². The van der Waals surface area contributed by atoms with E-state index in [1.807, 2.05) is 5.53 Å². The first-order valence-electron chi connectivity index (χ1n) is 9.80. The second-order valence-corrected chi connectivity index (χ2v) is 12.3. The summed E-state index contributed by atoms with van der Waals surface area (Å²) < 4.78 is 52.4. The van der Waals surface area contributed by atoms with Gasteiger partial charge in [0.05, 0.1) is 25.9 Å². The van der Waals surface area contributed by atoms with Crippen molar-refractivity contribution in [1.82, 2.24) is 15.8 Å². The highest BCUT2D eigenvalue weighted by Gasteiger charge is 2.38. The molecule has 3 aromatic rings. The summed E-state index contributed by atoms with van der Waals surface area (Å²) in [5, 5.41) is 11.3. The van der Waals surface area contributed by atoms with E-state index in [1.54, 1.807) is 0 Å². The molecule has 1 saturated heterocycles. The van der Waals surface area contributed by atoms with E-state index in [-0.39, 0.29) is 46.0 Å². The SMILES string of the molecule is NN/N=C(\N)c1c(-c2ccc(C(N)=O)c3sc(N)nc23)ccc(S(=O)(=O)C2CNC2)c1S(N)(=O)=O. The van der Waals surface area contributed by atoms with Crippen LogP contribution in [0.25, 0.3) is 21.3 Å². The number of thiazole rings is 1. The van der Waals surface area contributed by atoms with Crippen LogP contribution in [0.5, 0.6) is 0 Å². The van der Waals surface area contributed by atoms with Crippen LogP contribution in [0.1, 0.15) is 15.9 Å². The van der Waals surface area contributed by atoms with Crippen LogP contribution in [0.2, 0.25) is 0 Å². The van der Waals surface area contributed by atoms with Crippen molar-refractivity contribution >= 4 is 58.3 Å². The number of sulfonamides is 1. The smallest absolute Gasteiger partial charge is 0.250 e. The summed E-state index contributed by atoms with van der Waals surface area (Å²) in [6, 6.07) is 5.37. The zero-order chi connectivity index (χ0) is 25.7. The number of carbonyl (C=O) groups excluding carboxylic acids is 1. The molecule has 35 heavy (non-hydrogen) atoms. The Bertz CT molecular complexity index is 1610. The Morgan fingerprint density at radius 2 is 1.77 bits per heavy atom. The van der Waals surface area contributed by atoms with Gasteiger partial charge in [0.1, 0.15) is 4.90 Å². The third-order valence-electron chi connectivity index (χ3n) is 5.45. The Morgan fingerprint density at radius 3 is 2.31 bits per heavy atom. The molecule has 0 unspecified atom stereocenters. The molecule has 0 saturated carbocycles. The van der Waals surface area contributed by atoms with Gasteiger partial charge in [-0.3, -0.25) is 4.79 Å². The molecule has 1 aromatic heterocycles.